The number of hydrogen-bond donors (Lipinski definition) is 1. The second-order valence-electron chi connectivity index (χ2n) is 5.98. The predicted octanol–water partition coefficient (Wildman–Crippen LogP) is 3.01. The summed E-state index contributed by atoms with van der Waals surface area (Å²) in [4.78, 5) is 25.0. The maximum Gasteiger partial charge on any atom is 0.230 e. The van der Waals surface area contributed by atoms with Crippen LogP contribution >= 0.6 is 23.4 Å². The van der Waals surface area contributed by atoms with Gasteiger partial charge in [0.15, 0.2) is 5.12 Å². The molecule has 4 nitrogen and oxygen atoms in total. The van der Waals surface area contributed by atoms with E-state index in [1.54, 1.807) is 0 Å². The lowest BCUT2D eigenvalue weighted by Gasteiger charge is -2.32. The van der Waals surface area contributed by atoms with Crippen LogP contribution in [0.25, 0.3) is 0 Å². The second kappa shape index (κ2) is 8.71. The molecule has 6 heteroatoms. The standard InChI is InChI=1S/C17H23ClN2O2S/c1-12-9-14(3-4-16(12)18)10-20-7-5-15(6-8-20)19-17(22)11-23-13(2)21/h3-4,9,15H,5-8,10-11H2,1-2H3,(H,19,22). The van der Waals surface area contributed by atoms with Crippen molar-refractivity contribution < 1.29 is 9.59 Å². The molecule has 0 aromatic heterocycles. The molecule has 1 heterocycles. The van der Waals surface area contributed by atoms with Crippen molar-refractivity contribution in [2.75, 3.05) is 18.8 Å². The Kier molecular flexibility index (Phi) is 6.93. The molecule has 1 aliphatic heterocycles. The quantitative estimate of drug-likeness (QED) is 0.883. The molecule has 0 radical (unpaired) electrons. The molecule has 2 rings (SSSR count). The summed E-state index contributed by atoms with van der Waals surface area (Å²) >= 11 is 7.12. The largest absolute Gasteiger partial charge is 0.353 e. The first-order chi connectivity index (χ1) is 10.9. The molecule has 1 amide bonds. The van der Waals surface area contributed by atoms with Gasteiger partial charge >= 0.3 is 0 Å². The molecular weight excluding hydrogens is 332 g/mol. The molecule has 1 fully saturated rings. The van der Waals surface area contributed by atoms with Gasteiger partial charge in [0, 0.05) is 37.6 Å². The molecule has 0 atom stereocenters. The van der Waals surface area contributed by atoms with Crippen LogP contribution in [0.1, 0.15) is 30.9 Å². The zero-order valence-corrected chi connectivity index (χ0v) is 15.2. The van der Waals surface area contributed by atoms with Crippen LogP contribution in [0, 0.1) is 6.92 Å². The van der Waals surface area contributed by atoms with Crippen LogP contribution in [-0.4, -0.2) is 40.8 Å². The van der Waals surface area contributed by atoms with Crippen molar-refractivity contribution >= 4 is 34.4 Å². The van der Waals surface area contributed by atoms with Crippen molar-refractivity contribution in [2.24, 2.45) is 0 Å². The van der Waals surface area contributed by atoms with E-state index in [1.165, 1.54) is 12.5 Å². The highest BCUT2D eigenvalue weighted by Crippen LogP contribution is 2.19. The van der Waals surface area contributed by atoms with E-state index >= 15 is 0 Å². The Labute approximate surface area is 146 Å². The molecule has 1 aromatic rings. The fraction of sp³-hybridized carbons (Fsp3) is 0.529. The SMILES string of the molecule is CC(=O)SCC(=O)NC1CCN(Cc2ccc(Cl)c(C)c2)CC1. The van der Waals surface area contributed by atoms with Crippen molar-refractivity contribution in [1.82, 2.24) is 10.2 Å². The van der Waals surface area contributed by atoms with Crippen molar-refractivity contribution in [1.29, 1.82) is 0 Å². The van der Waals surface area contributed by atoms with E-state index in [0.717, 1.165) is 54.8 Å². The summed E-state index contributed by atoms with van der Waals surface area (Å²) in [7, 11) is 0. The second-order valence-corrected chi connectivity index (χ2v) is 7.54. The number of halogens is 1. The van der Waals surface area contributed by atoms with E-state index in [1.807, 2.05) is 13.0 Å². The number of piperidine rings is 1. The number of nitrogens with zero attached hydrogens (tertiary/aromatic N) is 1. The van der Waals surface area contributed by atoms with Gasteiger partial charge < -0.3 is 5.32 Å². The normalized spacial score (nSPS) is 16.3. The number of carbonyl (C=O) groups is 2. The third kappa shape index (κ3) is 6.16. The van der Waals surface area contributed by atoms with Crippen LogP contribution < -0.4 is 5.32 Å². The molecule has 0 aliphatic carbocycles. The first kappa shape index (κ1) is 18.3. The van der Waals surface area contributed by atoms with Gasteiger partial charge in [-0.25, -0.2) is 0 Å². The van der Waals surface area contributed by atoms with Crippen molar-refractivity contribution in [2.45, 2.75) is 39.3 Å². The van der Waals surface area contributed by atoms with Gasteiger partial charge in [0.1, 0.15) is 0 Å². The number of rotatable bonds is 5. The predicted molar refractivity (Wildman–Crippen MR) is 95.8 cm³/mol. The van der Waals surface area contributed by atoms with E-state index in [2.05, 4.69) is 22.3 Å². The summed E-state index contributed by atoms with van der Waals surface area (Å²) in [6.45, 7) is 6.35. The van der Waals surface area contributed by atoms with E-state index in [4.69, 9.17) is 11.6 Å². The molecule has 0 saturated carbocycles. The van der Waals surface area contributed by atoms with Crippen molar-refractivity contribution in [3.63, 3.8) is 0 Å². The molecule has 23 heavy (non-hydrogen) atoms. The number of carbonyl (C=O) groups excluding carboxylic acids is 2. The summed E-state index contributed by atoms with van der Waals surface area (Å²) in [5.41, 5.74) is 2.38. The summed E-state index contributed by atoms with van der Waals surface area (Å²) in [5, 5.41) is 3.80. The molecule has 0 bridgehead atoms. The molecular formula is C17H23ClN2O2S. The van der Waals surface area contributed by atoms with Crippen LogP contribution in [0.2, 0.25) is 5.02 Å². The number of aryl methyl sites for hydroxylation is 1. The number of benzene rings is 1. The van der Waals surface area contributed by atoms with Crippen LogP contribution in [-0.2, 0) is 16.1 Å². The van der Waals surface area contributed by atoms with E-state index in [-0.39, 0.29) is 22.8 Å². The van der Waals surface area contributed by atoms with E-state index in [9.17, 15) is 9.59 Å². The molecule has 126 valence electrons. The third-order valence-electron chi connectivity index (χ3n) is 3.99. The van der Waals surface area contributed by atoms with Gasteiger partial charge in [-0.15, -0.1) is 0 Å². The Morgan fingerprint density at radius 2 is 2.04 bits per heavy atom. The Morgan fingerprint density at radius 3 is 2.65 bits per heavy atom. The van der Waals surface area contributed by atoms with E-state index < -0.39 is 0 Å². The first-order valence-corrected chi connectivity index (χ1v) is 9.20. The molecule has 1 N–H and O–H groups in total. The smallest absolute Gasteiger partial charge is 0.230 e. The van der Waals surface area contributed by atoms with Gasteiger partial charge in [0.2, 0.25) is 5.91 Å². The van der Waals surface area contributed by atoms with Gasteiger partial charge in [0.05, 0.1) is 5.75 Å². The zero-order chi connectivity index (χ0) is 16.8. The van der Waals surface area contributed by atoms with Crippen molar-refractivity contribution in [3.05, 3.63) is 34.3 Å². The summed E-state index contributed by atoms with van der Waals surface area (Å²) < 4.78 is 0. The molecule has 1 aromatic carbocycles. The Bertz CT molecular complexity index is 572. The van der Waals surface area contributed by atoms with Gasteiger partial charge in [-0.2, -0.15) is 0 Å². The number of thioether (sulfide) groups is 1. The average molecular weight is 355 g/mol. The highest BCUT2D eigenvalue weighted by Gasteiger charge is 2.20. The maximum atomic E-state index is 11.7. The third-order valence-corrected chi connectivity index (χ3v) is 5.22. The minimum absolute atomic E-state index is 0.0202. The van der Waals surface area contributed by atoms with Gasteiger partial charge in [0.25, 0.3) is 0 Å². The minimum atomic E-state index is -0.0445. The molecule has 1 aliphatic rings. The Morgan fingerprint density at radius 1 is 1.35 bits per heavy atom. The monoisotopic (exact) mass is 354 g/mol. The fourth-order valence-corrected chi connectivity index (χ4v) is 3.27. The highest BCUT2D eigenvalue weighted by atomic mass is 35.5. The number of hydrogen-bond acceptors (Lipinski definition) is 4. The van der Waals surface area contributed by atoms with Crippen LogP contribution in [0.4, 0.5) is 0 Å². The lowest BCUT2D eigenvalue weighted by atomic mass is 10.0. The molecule has 1 saturated heterocycles. The zero-order valence-electron chi connectivity index (χ0n) is 13.6. The van der Waals surface area contributed by atoms with E-state index in [0.29, 0.717) is 0 Å². The summed E-state index contributed by atoms with van der Waals surface area (Å²) in [5.74, 6) is 0.177. The highest BCUT2D eigenvalue weighted by molar-refractivity contribution is 8.14. The van der Waals surface area contributed by atoms with Crippen LogP contribution in [0.3, 0.4) is 0 Å². The van der Waals surface area contributed by atoms with Crippen molar-refractivity contribution in [3.8, 4) is 0 Å². The van der Waals surface area contributed by atoms with Gasteiger partial charge in [-0.1, -0.05) is 35.5 Å². The topological polar surface area (TPSA) is 49.4 Å². The Hall–Kier alpha value is -1.04. The minimum Gasteiger partial charge on any atom is -0.353 e. The maximum absolute atomic E-state index is 11.7. The van der Waals surface area contributed by atoms with Gasteiger partial charge in [-0.3, -0.25) is 14.5 Å². The van der Waals surface area contributed by atoms with Crippen LogP contribution in [0.15, 0.2) is 18.2 Å². The molecule has 0 unspecified atom stereocenters. The number of likely N-dealkylation sites (tertiary alicyclic amines) is 1. The molecule has 0 spiro atoms. The van der Waals surface area contributed by atoms with Crippen LogP contribution in [0.5, 0.6) is 0 Å². The lowest BCUT2D eigenvalue weighted by Crippen LogP contribution is -2.44. The average Bonchev–Trinajstić information content (AvgIpc) is 2.51. The fourth-order valence-electron chi connectivity index (χ4n) is 2.74. The lowest BCUT2D eigenvalue weighted by molar-refractivity contribution is -0.119. The number of amides is 1. The number of nitrogens with one attached hydrogen (secondary N) is 1. The summed E-state index contributed by atoms with van der Waals surface area (Å²) in [6, 6.07) is 6.38. The Balaban J connectivity index is 1.74. The summed E-state index contributed by atoms with van der Waals surface area (Å²) in [6.07, 6.45) is 1.89. The first-order valence-electron chi connectivity index (χ1n) is 7.84. The van der Waals surface area contributed by atoms with Gasteiger partial charge in [-0.05, 0) is 37.0 Å².